The van der Waals surface area contributed by atoms with Gasteiger partial charge in [0.25, 0.3) is 0 Å². The molecule has 0 aliphatic heterocycles. The van der Waals surface area contributed by atoms with Crippen molar-refractivity contribution in [2.45, 2.75) is 56.5 Å². The molecule has 2 aromatic carbocycles. The van der Waals surface area contributed by atoms with Gasteiger partial charge in [-0.1, -0.05) is 24.6 Å². The summed E-state index contributed by atoms with van der Waals surface area (Å²) in [6.45, 7) is 5.09. The summed E-state index contributed by atoms with van der Waals surface area (Å²) < 4.78 is 28.0. The summed E-state index contributed by atoms with van der Waals surface area (Å²) in [5.74, 6) is 1.09. The standard InChI is InChI=1S/C26H34N6O2S/c1-4-27-20-9-13-23(14-10-20)32(3)35(33,34)24-15-11-22(12-16-24)30-26-28-18-17-25(31-26)29-21-7-5-19(2)6-8-21/h5-8,11-12,15-18,20,23,27H,4,9-10,13-14H2,1-3H3,(H2,28,29,30,31). The smallest absolute Gasteiger partial charge is 0.243 e. The zero-order valence-electron chi connectivity index (χ0n) is 20.5. The van der Waals surface area contributed by atoms with E-state index in [0.717, 1.165) is 37.9 Å². The van der Waals surface area contributed by atoms with Gasteiger partial charge in [0.2, 0.25) is 16.0 Å². The quantitative estimate of drug-likeness (QED) is 0.392. The van der Waals surface area contributed by atoms with Gasteiger partial charge in [-0.2, -0.15) is 9.29 Å². The number of sulfonamides is 1. The van der Waals surface area contributed by atoms with Crippen molar-refractivity contribution in [1.82, 2.24) is 19.6 Å². The minimum atomic E-state index is -3.56. The summed E-state index contributed by atoms with van der Waals surface area (Å²) in [5.41, 5.74) is 2.84. The molecule has 1 fully saturated rings. The molecule has 1 aliphatic rings. The van der Waals surface area contributed by atoms with Crippen LogP contribution in [0.3, 0.4) is 0 Å². The fourth-order valence-electron chi connectivity index (χ4n) is 4.41. The molecule has 1 saturated carbocycles. The van der Waals surface area contributed by atoms with Crippen molar-refractivity contribution in [3.63, 3.8) is 0 Å². The van der Waals surface area contributed by atoms with Gasteiger partial charge >= 0.3 is 0 Å². The van der Waals surface area contributed by atoms with E-state index in [1.54, 1.807) is 47.9 Å². The first-order chi connectivity index (χ1) is 16.8. The van der Waals surface area contributed by atoms with Crippen LogP contribution in [0.15, 0.2) is 65.7 Å². The summed E-state index contributed by atoms with van der Waals surface area (Å²) in [6, 6.07) is 17.1. The topological polar surface area (TPSA) is 99.3 Å². The lowest BCUT2D eigenvalue weighted by Crippen LogP contribution is -2.43. The van der Waals surface area contributed by atoms with Crippen molar-refractivity contribution in [3.05, 3.63) is 66.4 Å². The Kier molecular flexibility index (Phi) is 8.00. The molecule has 0 spiro atoms. The minimum absolute atomic E-state index is 0.0323. The summed E-state index contributed by atoms with van der Waals surface area (Å²) >= 11 is 0. The second-order valence-electron chi connectivity index (χ2n) is 8.99. The maximum absolute atomic E-state index is 13.2. The van der Waals surface area contributed by atoms with Gasteiger partial charge in [-0.05, 0) is 81.6 Å². The zero-order chi connectivity index (χ0) is 24.8. The third-order valence-corrected chi connectivity index (χ3v) is 8.40. The van der Waals surface area contributed by atoms with Crippen molar-refractivity contribution >= 4 is 33.2 Å². The summed E-state index contributed by atoms with van der Waals surface area (Å²) in [5, 5.41) is 9.88. The molecular weight excluding hydrogens is 460 g/mol. The van der Waals surface area contributed by atoms with E-state index in [1.165, 1.54) is 5.56 Å². The predicted molar refractivity (Wildman–Crippen MR) is 141 cm³/mol. The van der Waals surface area contributed by atoms with E-state index >= 15 is 0 Å². The molecule has 3 N–H and O–H groups in total. The molecule has 1 aliphatic carbocycles. The predicted octanol–water partition coefficient (Wildman–Crippen LogP) is 4.81. The molecule has 0 saturated heterocycles. The van der Waals surface area contributed by atoms with Crippen LogP contribution in [0.25, 0.3) is 0 Å². The van der Waals surface area contributed by atoms with Gasteiger partial charge in [-0.25, -0.2) is 13.4 Å². The maximum atomic E-state index is 13.2. The zero-order valence-corrected chi connectivity index (χ0v) is 21.3. The number of nitrogens with one attached hydrogen (secondary N) is 3. The number of hydrogen-bond acceptors (Lipinski definition) is 7. The Bertz CT molecular complexity index is 1210. The van der Waals surface area contributed by atoms with E-state index in [2.05, 4.69) is 32.8 Å². The van der Waals surface area contributed by atoms with Crippen molar-refractivity contribution in [1.29, 1.82) is 0 Å². The highest BCUT2D eigenvalue weighted by Crippen LogP contribution is 2.28. The van der Waals surface area contributed by atoms with Crippen LogP contribution in [0.2, 0.25) is 0 Å². The number of rotatable bonds is 9. The molecule has 0 bridgehead atoms. The Balaban J connectivity index is 1.39. The molecule has 8 nitrogen and oxygen atoms in total. The molecule has 186 valence electrons. The Morgan fingerprint density at radius 3 is 2.20 bits per heavy atom. The van der Waals surface area contributed by atoms with Gasteiger partial charge in [0.1, 0.15) is 5.82 Å². The molecule has 0 unspecified atom stereocenters. The fourth-order valence-corrected chi connectivity index (χ4v) is 5.82. The highest BCUT2D eigenvalue weighted by atomic mass is 32.2. The second-order valence-corrected chi connectivity index (χ2v) is 11.0. The first kappa shape index (κ1) is 25.1. The van der Waals surface area contributed by atoms with Gasteiger partial charge < -0.3 is 16.0 Å². The normalized spacial score (nSPS) is 18.4. The van der Waals surface area contributed by atoms with Crippen LogP contribution in [0.5, 0.6) is 0 Å². The summed E-state index contributed by atoms with van der Waals surface area (Å²) in [7, 11) is -1.86. The third-order valence-electron chi connectivity index (χ3n) is 6.47. The number of hydrogen-bond donors (Lipinski definition) is 3. The molecule has 1 aromatic heterocycles. The van der Waals surface area contributed by atoms with Gasteiger partial charge in [0, 0.05) is 36.7 Å². The van der Waals surface area contributed by atoms with Crippen molar-refractivity contribution in [3.8, 4) is 0 Å². The largest absolute Gasteiger partial charge is 0.340 e. The molecule has 4 rings (SSSR count). The summed E-state index contributed by atoms with van der Waals surface area (Å²) in [6.07, 6.45) is 5.41. The monoisotopic (exact) mass is 494 g/mol. The highest BCUT2D eigenvalue weighted by molar-refractivity contribution is 7.89. The molecule has 9 heteroatoms. The van der Waals surface area contributed by atoms with Gasteiger partial charge in [0.15, 0.2) is 0 Å². The van der Waals surface area contributed by atoms with E-state index in [-0.39, 0.29) is 10.9 Å². The molecule has 35 heavy (non-hydrogen) atoms. The number of aryl methyl sites for hydroxylation is 1. The Labute approximate surface area is 208 Å². The number of aromatic nitrogens is 2. The number of anilines is 4. The van der Waals surface area contributed by atoms with Crippen LogP contribution in [0, 0.1) is 6.92 Å². The van der Waals surface area contributed by atoms with Crippen molar-refractivity contribution < 1.29 is 8.42 Å². The van der Waals surface area contributed by atoms with E-state index in [1.807, 2.05) is 31.2 Å². The van der Waals surface area contributed by atoms with E-state index in [4.69, 9.17) is 0 Å². The molecular formula is C26H34N6O2S. The van der Waals surface area contributed by atoms with Gasteiger partial charge in [-0.3, -0.25) is 0 Å². The van der Waals surface area contributed by atoms with E-state index in [9.17, 15) is 8.42 Å². The van der Waals surface area contributed by atoms with Crippen molar-refractivity contribution in [2.24, 2.45) is 0 Å². The third kappa shape index (κ3) is 6.36. The molecule has 0 amide bonds. The first-order valence-electron chi connectivity index (χ1n) is 12.1. The lowest BCUT2D eigenvalue weighted by Gasteiger charge is -2.34. The molecule has 0 atom stereocenters. The van der Waals surface area contributed by atoms with Crippen molar-refractivity contribution in [2.75, 3.05) is 24.2 Å². The Hall–Kier alpha value is -3.01. The number of benzene rings is 2. The molecule has 0 radical (unpaired) electrons. The van der Waals surface area contributed by atoms with Crippen LogP contribution >= 0.6 is 0 Å². The highest BCUT2D eigenvalue weighted by Gasteiger charge is 2.31. The molecule has 3 aromatic rings. The van der Waals surface area contributed by atoms with E-state index in [0.29, 0.717) is 23.5 Å². The lowest BCUT2D eigenvalue weighted by atomic mass is 9.91. The van der Waals surface area contributed by atoms with Crippen LogP contribution in [0.4, 0.5) is 23.1 Å². The Morgan fingerprint density at radius 2 is 1.54 bits per heavy atom. The number of nitrogens with zero attached hydrogens (tertiary/aromatic N) is 3. The SMILES string of the molecule is CCNC1CCC(N(C)S(=O)(=O)c2ccc(Nc3nccc(Nc4ccc(C)cc4)n3)cc2)CC1. The second kappa shape index (κ2) is 11.2. The summed E-state index contributed by atoms with van der Waals surface area (Å²) in [4.78, 5) is 9.06. The Morgan fingerprint density at radius 1 is 0.914 bits per heavy atom. The van der Waals surface area contributed by atoms with Crippen LogP contribution < -0.4 is 16.0 Å². The van der Waals surface area contributed by atoms with Crippen LogP contribution in [-0.4, -0.2) is 48.4 Å². The average molecular weight is 495 g/mol. The van der Waals surface area contributed by atoms with Crippen LogP contribution in [-0.2, 0) is 10.0 Å². The minimum Gasteiger partial charge on any atom is -0.340 e. The van der Waals surface area contributed by atoms with Gasteiger partial charge in [-0.15, -0.1) is 0 Å². The first-order valence-corrected chi connectivity index (χ1v) is 13.5. The molecule has 1 heterocycles. The average Bonchev–Trinajstić information content (AvgIpc) is 2.86. The van der Waals surface area contributed by atoms with Gasteiger partial charge in [0.05, 0.1) is 4.90 Å². The fraction of sp³-hybridized carbons (Fsp3) is 0.385. The lowest BCUT2D eigenvalue weighted by molar-refractivity contribution is 0.251. The maximum Gasteiger partial charge on any atom is 0.243 e. The van der Waals surface area contributed by atoms with Crippen LogP contribution in [0.1, 0.15) is 38.2 Å². The van der Waals surface area contributed by atoms with E-state index < -0.39 is 10.0 Å².